The van der Waals surface area contributed by atoms with E-state index in [9.17, 15) is 4.79 Å². The van der Waals surface area contributed by atoms with Crippen molar-refractivity contribution in [2.75, 3.05) is 26.0 Å². The van der Waals surface area contributed by atoms with Gasteiger partial charge in [-0.25, -0.2) is 0 Å². The van der Waals surface area contributed by atoms with Crippen molar-refractivity contribution in [2.45, 2.75) is 25.8 Å². The van der Waals surface area contributed by atoms with Gasteiger partial charge in [-0.1, -0.05) is 0 Å². The molecular formula is C14H20N2O2. The summed E-state index contributed by atoms with van der Waals surface area (Å²) < 4.78 is 5.07. The summed E-state index contributed by atoms with van der Waals surface area (Å²) in [4.78, 5) is 14.4. The molecule has 1 aliphatic carbocycles. The molecule has 2 rings (SSSR count). The number of hydrogen-bond donors (Lipinski definition) is 1. The summed E-state index contributed by atoms with van der Waals surface area (Å²) >= 11 is 0. The largest absolute Gasteiger partial charge is 0.399 e. The summed E-state index contributed by atoms with van der Waals surface area (Å²) in [7, 11) is 1.66. The molecule has 0 heterocycles. The number of rotatable bonds is 5. The van der Waals surface area contributed by atoms with Crippen molar-refractivity contribution in [3.8, 4) is 0 Å². The van der Waals surface area contributed by atoms with E-state index in [4.69, 9.17) is 10.5 Å². The maximum atomic E-state index is 12.5. The number of amides is 1. The van der Waals surface area contributed by atoms with Gasteiger partial charge in [0, 0.05) is 30.9 Å². The number of anilines is 1. The van der Waals surface area contributed by atoms with E-state index in [0.717, 1.165) is 24.0 Å². The van der Waals surface area contributed by atoms with Crippen LogP contribution in [0, 0.1) is 6.92 Å². The van der Waals surface area contributed by atoms with Crippen molar-refractivity contribution in [3.05, 3.63) is 29.3 Å². The van der Waals surface area contributed by atoms with Crippen LogP contribution in [-0.4, -0.2) is 37.1 Å². The Morgan fingerprint density at radius 3 is 2.78 bits per heavy atom. The highest BCUT2D eigenvalue weighted by Gasteiger charge is 2.33. The van der Waals surface area contributed by atoms with E-state index < -0.39 is 0 Å². The van der Waals surface area contributed by atoms with Gasteiger partial charge in [-0.2, -0.15) is 0 Å². The SMILES string of the molecule is COCCN(C(=O)c1ccc(N)cc1C)C1CC1. The van der Waals surface area contributed by atoms with Crippen molar-refractivity contribution < 1.29 is 9.53 Å². The summed E-state index contributed by atoms with van der Waals surface area (Å²) in [5, 5.41) is 0. The van der Waals surface area contributed by atoms with E-state index in [2.05, 4.69) is 0 Å². The maximum absolute atomic E-state index is 12.5. The molecule has 0 bridgehead atoms. The predicted octanol–water partition coefficient (Wildman–Crippen LogP) is 1.83. The molecule has 1 aromatic rings. The van der Waals surface area contributed by atoms with E-state index in [1.165, 1.54) is 0 Å². The van der Waals surface area contributed by atoms with Crippen molar-refractivity contribution in [1.29, 1.82) is 0 Å². The molecular weight excluding hydrogens is 228 g/mol. The molecule has 98 valence electrons. The van der Waals surface area contributed by atoms with Crippen LogP contribution in [0.15, 0.2) is 18.2 Å². The van der Waals surface area contributed by atoms with E-state index in [1.807, 2.05) is 24.0 Å². The lowest BCUT2D eigenvalue weighted by Gasteiger charge is -2.23. The Balaban J connectivity index is 2.16. The minimum atomic E-state index is 0.0899. The number of nitrogens with two attached hydrogens (primary N) is 1. The van der Waals surface area contributed by atoms with E-state index in [1.54, 1.807) is 13.2 Å². The van der Waals surface area contributed by atoms with Gasteiger partial charge in [-0.3, -0.25) is 4.79 Å². The van der Waals surface area contributed by atoms with Crippen LogP contribution in [0.25, 0.3) is 0 Å². The molecule has 18 heavy (non-hydrogen) atoms. The quantitative estimate of drug-likeness (QED) is 0.809. The molecule has 1 aliphatic rings. The number of hydrogen-bond acceptors (Lipinski definition) is 3. The van der Waals surface area contributed by atoms with E-state index in [-0.39, 0.29) is 5.91 Å². The minimum Gasteiger partial charge on any atom is -0.399 e. The van der Waals surface area contributed by atoms with Crippen LogP contribution in [0.5, 0.6) is 0 Å². The van der Waals surface area contributed by atoms with Crippen molar-refractivity contribution in [1.82, 2.24) is 4.90 Å². The van der Waals surface area contributed by atoms with Crippen LogP contribution in [0.1, 0.15) is 28.8 Å². The standard InChI is InChI=1S/C14H20N2O2/c1-10-9-11(15)3-6-13(10)14(17)16(7-8-18-2)12-4-5-12/h3,6,9,12H,4-5,7-8,15H2,1-2H3. The molecule has 0 aliphatic heterocycles. The Bertz CT molecular complexity index is 441. The van der Waals surface area contributed by atoms with E-state index >= 15 is 0 Å². The van der Waals surface area contributed by atoms with Crippen LogP contribution >= 0.6 is 0 Å². The highest BCUT2D eigenvalue weighted by Crippen LogP contribution is 2.28. The van der Waals surface area contributed by atoms with Gasteiger partial charge in [0.2, 0.25) is 0 Å². The van der Waals surface area contributed by atoms with Crippen LogP contribution in [0.3, 0.4) is 0 Å². The average molecular weight is 248 g/mol. The van der Waals surface area contributed by atoms with Gasteiger partial charge < -0.3 is 15.4 Å². The highest BCUT2D eigenvalue weighted by molar-refractivity contribution is 5.96. The molecule has 1 saturated carbocycles. The predicted molar refractivity (Wildman–Crippen MR) is 71.5 cm³/mol. The zero-order valence-corrected chi connectivity index (χ0v) is 11.0. The highest BCUT2D eigenvalue weighted by atomic mass is 16.5. The molecule has 4 heteroatoms. The molecule has 1 fully saturated rings. The number of methoxy groups -OCH3 is 1. The van der Waals surface area contributed by atoms with Crippen LogP contribution in [0.2, 0.25) is 0 Å². The summed E-state index contributed by atoms with van der Waals surface area (Å²) in [6, 6.07) is 5.83. The van der Waals surface area contributed by atoms with Gasteiger partial charge in [0.1, 0.15) is 0 Å². The Labute approximate surface area is 108 Å². The first-order valence-electron chi connectivity index (χ1n) is 6.29. The molecule has 0 unspecified atom stereocenters. The Hall–Kier alpha value is -1.55. The van der Waals surface area contributed by atoms with Gasteiger partial charge in [-0.15, -0.1) is 0 Å². The summed E-state index contributed by atoms with van der Waals surface area (Å²) in [6.45, 7) is 3.16. The number of nitrogens with zero attached hydrogens (tertiary/aromatic N) is 1. The summed E-state index contributed by atoms with van der Waals surface area (Å²) in [5.74, 6) is 0.0899. The number of carbonyl (C=O) groups is 1. The van der Waals surface area contributed by atoms with Gasteiger partial charge in [-0.05, 0) is 43.5 Å². The van der Waals surface area contributed by atoms with E-state index in [0.29, 0.717) is 24.9 Å². The molecule has 0 spiro atoms. The first-order chi connectivity index (χ1) is 8.63. The number of ether oxygens (including phenoxy) is 1. The van der Waals surface area contributed by atoms with Crippen molar-refractivity contribution >= 4 is 11.6 Å². The van der Waals surface area contributed by atoms with Gasteiger partial charge in [0.25, 0.3) is 5.91 Å². The molecule has 0 radical (unpaired) electrons. The zero-order chi connectivity index (χ0) is 13.1. The van der Waals surface area contributed by atoms with Gasteiger partial charge >= 0.3 is 0 Å². The zero-order valence-electron chi connectivity index (χ0n) is 11.0. The smallest absolute Gasteiger partial charge is 0.254 e. The lowest BCUT2D eigenvalue weighted by Crippen LogP contribution is -2.36. The molecule has 2 N–H and O–H groups in total. The average Bonchev–Trinajstić information content (AvgIpc) is 3.13. The monoisotopic (exact) mass is 248 g/mol. The number of nitrogen functional groups attached to an aromatic ring is 1. The fraction of sp³-hybridized carbons (Fsp3) is 0.500. The minimum absolute atomic E-state index is 0.0899. The van der Waals surface area contributed by atoms with Crippen LogP contribution in [0.4, 0.5) is 5.69 Å². The first-order valence-corrected chi connectivity index (χ1v) is 6.29. The lowest BCUT2D eigenvalue weighted by molar-refractivity contribution is 0.0679. The molecule has 0 saturated heterocycles. The molecule has 4 nitrogen and oxygen atoms in total. The Kier molecular flexibility index (Phi) is 3.87. The normalized spacial score (nSPS) is 14.6. The molecule has 1 amide bonds. The molecule has 0 aromatic heterocycles. The van der Waals surface area contributed by atoms with Crippen LogP contribution in [-0.2, 0) is 4.74 Å². The number of carbonyl (C=O) groups excluding carboxylic acids is 1. The van der Waals surface area contributed by atoms with Crippen molar-refractivity contribution in [3.63, 3.8) is 0 Å². The fourth-order valence-electron chi connectivity index (χ4n) is 2.11. The third kappa shape index (κ3) is 2.82. The second-order valence-corrected chi connectivity index (χ2v) is 4.80. The fourth-order valence-corrected chi connectivity index (χ4v) is 2.11. The maximum Gasteiger partial charge on any atom is 0.254 e. The summed E-state index contributed by atoms with van der Waals surface area (Å²) in [6.07, 6.45) is 2.20. The molecule has 0 atom stereocenters. The van der Waals surface area contributed by atoms with Crippen molar-refractivity contribution in [2.24, 2.45) is 0 Å². The second kappa shape index (κ2) is 5.40. The topological polar surface area (TPSA) is 55.6 Å². The third-order valence-electron chi connectivity index (χ3n) is 3.27. The second-order valence-electron chi connectivity index (χ2n) is 4.80. The number of aryl methyl sites for hydroxylation is 1. The van der Waals surface area contributed by atoms with Gasteiger partial charge in [0.15, 0.2) is 0 Å². The first kappa shape index (κ1) is 12.9. The Morgan fingerprint density at radius 2 is 2.22 bits per heavy atom. The van der Waals surface area contributed by atoms with Crippen LogP contribution < -0.4 is 5.73 Å². The number of benzene rings is 1. The lowest BCUT2D eigenvalue weighted by atomic mass is 10.1. The molecule has 1 aromatic carbocycles. The summed E-state index contributed by atoms with van der Waals surface area (Å²) in [5.41, 5.74) is 8.08. The van der Waals surface area contributed by atoms with Gasteiger partial charge in [0.05, 0.1) is 6.61 Å². The Morgan fingerprint density at radius 1 is 1.50 bits per heavy atom. The third-order valence-corrected chi connectivity index (χ3v) is 3.27.